The lowest BCUT2D eigenvalue weighted by atomic mass is 9.95. The van der Waals surface area contributed by atoms with Crippen molar-refractivity contribution in [2.24, 2.45) is 10.1 Å². The van der Waals surface area contributed by atoms with Crippen molar-refractivity contribution in [1.82, 2.24) is 20.1 Å². The van der Waals surface area contributed by atoms with Gasteiger partial charge in [0, 0.05) is 30.6 Å². The molecule has 0 aliphatic carbocycles. The van der Waals surface area contributed by atoms with Crippen molar-refractivity contribution in [3.8, 4) is 5.69 Å². The van der Waals surface area contributed by atoms with Crippen LogP contribution in [0.25, 0.3) is 5.69 Å². The quantitative estimate of drug-likeness (QED) is 0.700. The Morgan fingerprint density at radius 2 is 2.19 bits per heavy atom. The van der Waals surface area contributed by atoms with Crippen molar-refractivity contribution >= 4 is 24.2 Å². The Bertz CT molecular complexity index is 1020. The second-order valence-electron chi connectivity index (χ2n) is 7.65. The number of benzene rings is 1. The number of nitrogens with zero attached hydrogens (tertiary/aromatic N) is 5. The number of aryl methyl sites for hydroxylation is 1. The van der Waals surface area contributed by atoms with Crippen LogP contribution in [-0.4, -0.2) is 52.9 Å². The molecule has 9 heteroatoms. The molecular formula is C22H26FN7O. The third-order valence-electron chi connectivity index (χ3n) is 5.27. The Balaban J connectivity index is 1.53. The third-order valence-corrected chi connectivity index (χ3v) is 5.27. The number of aromatic nitrogens is 2. The van der Waals surface area contributed by atoms with E-state index >= 15 is 0 Å². The van der Waals surface area contributed by atoms with Gasteiger partial charge in [0.2, 0.25) is 5.91 Å². The van der Waals surface area contributed by atoms with Gasteiger partial charge >= 0.3 is 0 Å². The van der Waals surface area contributed by atoms with Crippen LogP contribution in [0.3, 0.4) is 0 Å². The highest BCUT2D eigenvalue weighted by atomic mass is 19.1. The summed E-state index contributed by atoms with van der Waals surface area (Å²) < 4.78 is 16.2. The lowest BCUT2D eigenvalue weighted by Crippen LogP contribution is -2.26. The first-order valence-corrected chi connectivity index (χ1v) is 10.4. The van der Waals surface area contributed by atoms with Gasteiger partial charge in [0.1, 0.15) is 24.0 Å². The van der Waals surface area contributed by atoms with E-state index in [1.54, 1.807) is 29.6 Å². The zero-order valence-corrected chi connectivity index (χ0v) is 17.5. The number of hydrogen-bond acceptors (Lipinski definition) is 6. The number of piperidine rings is 1. The van der Waals surface area contributed by atoms with E-state index in [1.807, 2.05) is 19.1 Å². The molecule has 0 bridgehead atoms. The van der Waals surface area contributed by atoms with Gasteiger partial charge in [0.15, 0.2) is 0 Å². The maximum atomic E-state index is 14.7. The molecule has 0 spiro atoms. The van der Waals surface area contributed by atoms with E-state index in [2.05, 4.69) is 25.8 Å². The maximum absolute atomic E-state index is 14.7. The lowest BCUT2D eigenvalue weighted by Gasteiger charge is -2.20. The summed E-state index contributed by atoms with van der Waals surface area (Å²) in [4.78, 5) is 16.6. The predicted octanol–water partition coefficient (Wildman–Crippen LogP) is 2.96. The van der Waals surface area contributed by atoms with Gasteiger partial charge in [-0.15, -0.1) is 0 Å². The highest BCUT2D eigenvalue weighted by molar-refractivity contribution is 5.98. The van der Waals surface area contributed by atoms with Crippen LogP contribution in [0.2, 0.25) is 0 Å². The van der Waals surface area contributed by atoms with E-state index in [4.69, 9.17) is 0 Å². The minimum absolute atomic E-state index is 0.0816. The van der Waals surface area contributed by atoms with Crippen LogP contribution < -0.4 is 10.6 Å². The number of allylic oxidation sites excluding steroid dienone is 1. The summed E-state index contributed by atoms with van der Waals surface area (Å²) in [5.41, 5.74) is 2.00. The smallest absolute Gasteiger partial charge is 0.230 e. The molecule has 0 atom stereocenters. The lowest BCUT2D eigenvalue weighted by molar-refractivity contribution is -0.115. The number of hydrogen-bond donors (Lipinski definition) is 2. The number of anilines is 1. The van der Waals surface area contributed by atoms with Gasteiger partial charge < -0.3 is 10.6 Å². The molecule has 3 heterocycles. The molecule has 2 aliphatic rings. The molecule has 0 unspecified atom stereocenters. The summed E-state index contributed by atoms with van der Waals surface area (Å²) in [5.74, 6) is 0.102. The minimum Gasteiger partial charge on any atom is -0.317 e. The van der Waals surface area contributed by atoms with E-state index in [-0.39, 0.29) is 24.1 Å². The highest BCUT2D eigenvalue weighted by Gasteiger charge is 2.22. The van der Waals surface area contributed by atoms with Crippen molar-refractivity contribution in [2.45, 2.75) is 32.1 Å². The predicted molar refractivity (Wildman–Crippen MR) is 119 cm³/mol. The monoisotopic (exact) mass is 423 g/mol. The third kappa shape index (κ3) is 5.24. The van der Waals surface area contributed by atoms with Gasteiger partial charge in [0.25, 0.3) is 0 Å². The molecular weight excluding hydrogens is 397 g/mol. The second kappa shape index (κ2) is 9.65. The van der Waals surface area contributed by atoms with E-state index in [0.29, 0.717) is 18.2 Å². The Kier molecular flexibility index (Phi) is 6.51. The van der Waals surface area contributed by atoms with Crippen molar-refractivity contribution in [1.29, 1.82) is 0 Å². The molecule has 0 radical (unpaired) electrons. The number of carbonyl (C=O) groups is 1. The van der Waals surface area contributed by atoms with Gasteiger partial charge in [-0.25, -0.2) is 9.07 Å². The fourth-order valence-electron chi connectivity index (χ4n) is 3.65. The first kappa shape index (κ1) is 20.9. The molecule has 2 aliphatic heterocycles. The average molecular weight is 423 g/mol. The number of aliphatic imine (C=N–C) groups is 1. The zero-order chi connectivity index (χ0) is 21.6. The fraction of sp³-hybridized carbons (Fsp3) is 0.364. The summed E-state index contributed by atoms with van der Waals surface area (Å²) >= 11 is 0. The van der Waals surface area contributed by atoms with Crippen LogP contribution in [-0.2, 0) is 4.79 Å². The number of hydrazone groups is 1. The SMILES string of the molecule is Cc1ccc(-n2nc(C3CCNCC3)cc2NC(=O)CC=NN2C=CC=NC2)c(F)c1. The molecule has 1 aromatic heterocycles. The Morgan fingerprint density at radius 1 is 1.35 bits per heavy atom. The van der Waals surface area contributed by atoms with Gasteiger partial charge in [-0.3, -0.25) is 14.8 Å². The topological polar surface area (TPSA) is 86.9 Å². The van der Waals surface area contributed by atoms with Crippen LogP contribution >= 0.6 is 0 Å². The summed E-state index contributed by atoms with van der Waals surface area (Å²) in [5, 5.41) is 16.7. The van der Waals surface area contributed by atoms with Gasteiger partial charge in [-0.05, 0) is 56.6 Å². The van der Waals surface area contributed by atoms with Crippen LogP contribution in [0, 0.1) is 12.7 Å². The van der Waals surface area contributed by atoms with Crippen molar-refractivity contribution in [3.05, 3.63) is 53.6 Å². The average Bonchev–Trinajstić information content (AvgIpc) is 3.18. The molecule has 1 amide bonds. The van der Waals surface area contributed by atoms with Gasteiger partial charge in [0.05, 0.1) is 12.1 Å². The number of amides is 1. The normalized spacial score (nSPS) is 16.9. The van der Waals surface area contributed by atoms with Crippen molar-refractivity contribution in [2.75, 3.05) is 25.1 Å². The summed E-state index contributed by atoms with van der Waals surface area (Å²) in [6, 6.07) is 6.84. The molecule has 0 saturated carbocycles. The highest BCUT2D eigenvalue weighted by Crippen LogP contribution is 2.29. The Hall–Kier alpha value is -3.33. The van der Waals surface area contributed by atoms with Gasteiger partial charge in [-0.1, -0.05) is 6.07 Å². The largest absolute Gasteiger partial charge is 0.317 e. The molecule has 2 aromatic rings. The summed E-state index contributed by atoms with van der Waals surface area (Å²) in [7, 11) is 0. The standard InChI is InChI=1S/C22H26FN7O/c1-16-3-4-20(18(23)13-16)30-21(14-19(28-30)17-5-9-24-10-6-17)27-22(31)7-11-26-29-12-2-8-25-15-29/h2-4,8,11-14,17,24H,5-7,9-10,15H2,1H3,(H,27,31). The van der Waals surface area contributed by atoms with Crippen LogP contribution in [0.4, 0.5) is 10.2 Å². The molecule has 162 valence electrons. The fourth-order valence-corrected chi connectivity index (χ4v) is 3.65. The molecule has 31 heavy (non-hydrogen) atoms. The minimum atomic E-state index is -0.380. The maximum Gasteiger partial charge on any atom is 0.230 e. The molecule has 2 N–H and O–H groups in total. The molecule has 1 saturated heterocycles. The Morgan fingerprint density at radius 3 is 2.94 bits per heavy atom. The molecule has 4 rings (SSSR count). The number of nitrogens with one attached hydrogen (secondary N) is 2. The van der Waals surface area contributed by atoms with Crippen LogP contribution in [0.5, 0.6) is 0 Å². The van der Waals surface area contributed by atoms with E-state index < -0.39 is 0 Å². The first-order valence-electron chi connectivity index (χ1n) is 10.4. The molecule has 8 nitrogen and oxygen atoms in total. The molecule has 1 fully saturated rings. The summed E-state index contributed by atoms with van der Waals surface area (Å²) in [6.45, 7) is 4.10. The van der Waals surface area contributed by atoms with Crippen molar-refractivity contribution in [3.63, 3.8) is 0 Å². The molecule has 1 aromatic carbocycles. The zero-order valence-electron chi connectivity index (χ0n) is 17.5. The Labute approximate surface area is 180 Å². The van der Waals surface area contributed by atoms with E-state index in [1.165, 1.54) is 17.0 Å². The van der Waals surface area contributed by atoms with Crippen molar-refractivity contribution < 1.29 is 9.18 Å². The summed E-state index contributed by atoms with van der Waals surface area (Å²) in [6.07, 6.45) is 8.78. The number of halogens is 1. The second-order valence-corrected chi connectivity index (χ2v) is 7.65. The van der Waals surface area contributed by atoms with Crippen LogP contribution in [0.1, 0.15) is 36.4 Å². The number of rotatable bonds is 6. The first-order chi connectivity index (χ1) is 15.1. The van der Waals surface area contributed by atoms with Gasteiger partial charge in [-0.2, -0.15) is 10.2 Å². The van der Waals surface area contributed by atoms with E-state index in [0.717, 1.165) is 37.2 Å². The van der Waals surface area contributed by atoms with E-state index in [9.17, 15) is 9.18 Å². The number of carbonyl (C=O) groups excluding carboxylic acids is 1. The van der Waals surface area contributed by atoms with Crippen LogP contribution in [0.15, 0.2) is 46.6 Å².